The molecule has 0 aliphatic heterocycles. The third-order valence-electron chi connectivity index (χ3n) is 3.90. The van der Waals surface area contributed by atoms with Gasteiger partial charge in [0.15, 0.2) is 0 Å². The fourth-order valence-corrected chi connectivity index (χ4v) is 3.21. The van der Waals surface area contributed by atoms with Gasteiger partial charge in [-0.15, -0.1) is 0 Å². The highest BCUT2D eigenvalue weighted by Gasteiger charge is 2.52. The Labute approximate surface area is 117 Å². The Kier molecular flexibility index (Phi) is 3.87. The van der Waals surface area contributed by atoms with Crippen LogP contribution in [0.2, 0.25) is 0 Å². The van der Waals surface area contributed by atoms with E-state index in [1.807, 2.05) is 19.1 Å². The Morgan fingerprint density at radius 3 is 2.85 bits per heavy atom. The molecule has 2 aliphatic rings. The molecule has 6 nitrogen and oxygen atoms in total. The number of nitrogens with zero attached hydrogens (tertiary/aromatic N) is 2. The van der Waals surface area contributed by atoms with Crippen LogP contribution >= 0.6 is 0 Å². The molecule has 1 fully saturated rings. The summed E-state index contributed by atoms with van der Waals surface area (Å²) in [4.78, 5) is 22.5. The zero-order valence-corrected chi connectivity index (χ0v) is 11.7. The number of carbonyl (C=O) groups is 1. The predicted molar refractivity (Wildman–Crippen MR) is 75.7 cm³/mol. The summed E-state index contributed by atoms with van der Waals surface area (Å²) in [6.45, 7) is 1.98. The monoisotopic (exact) mass is 277 g/mol. The SMILES string of the molecule is CC1=CCC=C2C(=C1)CC(CC(=O)O)(N=O)C2N(C)N. The van der Waals surface area contributed by atoms with Gasteiger partial charge in [0.1, 0.15) is 5.54 Å². The lowest BCUT2D eigenvalue weighted by Gasteiger charge is -2.31. The molecule has 0 radical (unpaired) electrons. The second-order valence-electron chi connectivity index (χ2n) is 5.52. The summed E-state index contributed by atoms with van der Waals surface area (Å²) < 4.78 is 0. The van der Waals surface area contributed by atoms with E-state index in [1.165, 1.54) is 5.01 Å². The number of hydrogen-bond donors (Lipinski definition) is 2. The van der Waals surface area contributed by atoms with Crippen LogP contribution in [0.15, 0.2) is 40.1 Å². The number of hydrogen-bond acceptors (Lipinski definition) is 5. The number of rotatable bonds is 4. The summed E-state index contributed by atoms with van der Waals surface area (Å²) in [5.74, 6) is 4.83. The first kappa shape index (κ1) is 14.6. The Balaban J connectivity index is 2.52. The van der Waals surface area contributed by atoms with Gasteiger partial charge in [0.05, 0.1) is 12.5 Å². The van der Waals surface area contributed by atoms with Gasteiger partial charge in [-0.05, 0) is 24.5 Å². The lowest BCUT2D eigenvalue weighted by molar-refractivity contribution is -0.138. The third kappa shape index (κ3) is 2.44. The van der Waals surface area contributed by atoms with Crippen molar-refractivity contribution in [1.82, 2.24) is 5.01 Å². The summed E-state index contributed by atoms with van der Waals surface area (Å²) in [6, 6.07) is -0.498. The first-order chi connectivity index (χ1) is 9.39. The van der Waals surface area contributed by atoms with Crippen molar-refractivity contribution in [2.24, 2.45) is 11.0 Å². The molecule has 0 spiro atoms. The van der Waals surface area contributed by atoms with E-state index in [-0.39, 0.29) is 6.42 Å². The second-order valence-corrected chi connectivity index (χ2v) is 5.52. The van der Waals surface area contributed by atoms with Crippen molar-refractivity contribution in [3.8, 4) is 0 Å². The normalized spacial score (nSPS) is 29.2. The van der Waals surface area contributed by atoms with E-state index in [0.717, 1.165) is 23.1 Å². The van der Waals surface area contributed by atoms with Crippen LogP contribution in [0.4, 0.5) is 0 Å². The number of carboxylic acid groups (broad SMARTS) is 1. The van der Waals surface area contributed by atoms with Gasteiger partial charge in [-0.2, -0.15) is 4.91 Å². The maximum atomic E-state index is 11.4. The second kappa shape index (κ2) is 5.30. The lowest BCUT2D eigenvalue weighted by Crippen LogP contribution is -2.51. The minimum absolute atomic E-state index is 0.312. The molecule has 2 atom stereocenters. The maximum Gasteiger partial charge on any atom is 0.306 e. The first-order valence-electron chi connectivity index (χ1n) is 6.51. The van der Waals surface area contributed by atoms with Crippen LogP contribution in [0, 0.1) is 4.91 Å². The third-order valence-corrected chi connectivity index (χ3v) is 3.90. The van der Waals surface area contributed by atoms with Crippen molar-refractivity contribution in [2.75, 3.05) is 7.05 Å². The highest BCUT2D eigenvalue weighted by Crippen LogP contribution is 2.46. The van der Waals surface area contributed by atoms with E-state index in [0.29, 0.717) is 6.42 Å². The van der Waals surface area contributed by atoms with Crippen LogP contribution in [0.5, 0.6) is 0 Å². The summed E-state index contributed by atoms with van der Waals surface area (Å²) >= 11 is 0. The number of allylic oxidation sites excluding steroid dienone is 4. The molecule has 20 heavy (non-hydrogen) atoms. The molecular formula is C14H19N3O3. The van der Waals surface area contributed by atoms with Crippen molar-refractivity contribution >= 4 is 5.97 Å². The fraction of sp³-hybridized carbons (Fsp3) is 0.500. The van der Waals surface area contributed by atoms with E-state index in [4.69, 9.17) is 10.9 Å². The van der Waals surface area contributed by atoms with Crippen LogP contribution in [0.25, 0.3) is 0 Å². The molecule has 3 N–H and O–H groups in total. The Bertz CT molecular complexity index is 534. The quantitative estimate of drug-likeness (QED) is 0.463. The van der Waals surface area contributed by atoms with Crippen LogP contribution in [0.3, 0.4) is 0 Å². The largest absolute Gasteiger partial charge is 0.481 e. The molecule has 108 valence electrons. The van der Waals surface area contributed by atoms with Gasteiger partial charge in [-0.25, -0.2) is 5.01 Å². The Hall–Kier alpha value is -1.79. The molecule has 2 unspecified atom stereocenters. The number of aliphatic carboxylic acids is 1. The Morgan fingerprint density at radius 1 is 1.60 bits per heavy atom. The summed E-state index contributed by atoms with van der Waals surface area (Å²) in [5, 5.41) is 13.7. The van der Waals surface area contributed by atoms with Crippen LogP contribution in [-0.4, -0.2) is 34.7 Å². The molecule has 0 saturated heterocycles. The number of nitroso groups, excluding NO2 is 1. The van der Waals surface area contributed by atoms with Gasteiger partial charge in [0.2, 0.25) is 0 Å². The first-order valence-corrected chi connectivity index (χ1v) is 6.51. The summed E-state index contributed by atoms with van der Waals surface area (Å²) in [5.41, 5.74) is 1.75. The van der Waals surface area contributed by atoms with Gasteiger partial charge in [0, 0.05) is 13.5 Å². The highest BCUT2D eigenvalue weighted by atomic mass is 16.4. The zero-order chi connectivity index (χ0) is 14.9. The summed E-state index contributed by atoms with van der Waals surface area (Å²) in [6.07, 6.45) is 6.81. The van der Waals surface area contributed by atoms with Crippen LogP contribution in [-0.2, 0) is 4.79 Å². The number of nitrogens with two attached hydrogens (primary N) is 1. The van der Waals surface area contributed by atoms with Gasteiger partial charge in [0.25, 0.3) is 0 Å². The molecule has 2 aliphatic carbocycles. The number of carboxylic acids is 1. The van der Waals surface area contributed by atoms with E-state index in [1.54, 1.807) is 7.05 Å². The number of hydrazine groups is 1. The van der Waals surface area contributed by atoms with Gasteiger partial charge in [-0.3, -0.25) is 10.6 Å². The molecule has 0 bridgehead atoms. The zero-order valence-electron chi connectivity index (χ0n) is 11.7. The number of fused-ring (bicyclic) bond motifs is 1. The highest BCUT2D eigenvalue weighted by molar-refractivity contribution is 5.70. The van der Waals surface area contributed by atoms with Gasteiger partial charge in [-0.1, -0.05) is 29.0 Å². The lowest BCUT2D eigenvalue weighted by atomic mass is 9.88. The standard InChI is InChI=1S/C14H19N3O3/c1-9-4-3-5-11-10(6-9)7-14(16-20,8-12(18)19)13(11)17(2)15/h4-6,13H,3,7-8,15H2,1-2H3,(H,18,19). The molecule has 0 aromatic heterocycles. The summed E-state index contributed by atoms with van der Waals surface area (Å²) in [7, 11) is 1.64. The van der Waals surface area contributed by atoms with Crippen molar-refractivity contribution in [1.29, 1.82) is 0 Å². The fourth-order valence-electron chi connectivity index (χ4n) is 3.21. The Morgan fingerprint density at radius 2 is 2.30 bits per heavy atom. The van der Waals surface area contributed by atoms with Crippen molar-refractivity contribution in [2.45, 2.75) is 37.8 Å². The van der Waals surface area contributed by atoms with Crippen molar-refractivity contribution in [3.05, 3.63) is 39.9 Å². The topological polar surface area (TPSA) is 96.0 Å². The molecule has 0 heterocycles. The molecule has 0 amide bonds. The molecule has 0 aromatic carbocycles. The van der Waals surface area contributed by atoms with E-state index < -0.39 is 17.6 Å². The van der Waals surface area contributed by atoms with E-state index in [2.05, 4.69) is 11.3 Å². The smallest absolute Gasteiger partial charge is 0.306 e. The average Bonchev–Trinajstić information content (AvgIpc) is 2.51. The molecule has 2 rings (SSSR count). The van der Waals surface area contributed by atoms with E-state index >= 15 is 0 Å². The average molecular weight is 277 g/mol. The van der Waals surface area contributed by atoms with Crippen LogP contribution in [0.1, 0.15) is 26.2 Å². The van der Waals surface area contributed by atoms with Gasteiger partial charge < -0.3 is 5.11 Å². The number of likely N-dealkylation sites (N-methyl/N-ethyl adjacent to an activating group) is 1. The molecular weight excluding hydrogens is 258 g/mol. The molecule has 6 heteroatoms. The minimum Gasteiger partial charge on any atom is -0.481 e. The van der Waals surface area contributed by atoms with Crippen molar-refractivity contribution < 1.29 is 9.90 Å². The maximum absolute atomic E-state index is 11.4. The van der Waals surface area contributed by atoms with E-state index in [9.17, 15) is 9.70 Å². The van der Waals surface area contributed by atoms with Crippen LogP contribution < -0.4 is 5.84 Å². The molecule has 0 aromatic rings. The van der Waals surface area contributed by atoms with Gasteiger partial charge >= 0.3 is 5.97 Å². The molecule has 1 saturated carbocycles. The van der Waals surface area contributed by atoms with Crippen molar-refractivity contribution in [3.63, 3.8) is 0 Å². The predicted octanol–water partition coefficient (Wildman–Crippen LogP) is 1.75. The minimum atomic E-state index is -1.23.